The zero-order valence-electron chi connectivity index (χ0n) is 12.2. The monoisotopic (exact) mass is 328 g/mol. The molecule has 1 aliphatic rings. The average molecular weight is 328 g/mol. The number of nitrogens with zero attached hydrogens (tertiary/aromatic N) is 1. The average Bonchev–Trinajstić information content (AvgIpc) is 2.91. The topological polar surface area (TPSA) is 90.2 Å². The number of rotatable bonds is 4. The molecular formula is C14H20N2O3S2. The van der Waals surface area contributed by atoms with E-state index in [-0.39, 0.29) is 16.2 Å². The third-order valence-corrected chi connectivity index (χ3v) is 6.96. The van der Waals surface area contributed by atoms with Crippen LogP contribution >= 0.6 is 11.3 Å². The molecule has 1 aromatic heterocycles. The molecule has 0 amide bonds. The lowest BCUT2D eigenvalue weighted by atomic mass is 9.71. The summed E-state index contributed by atoms with van der Waals surface area (Å²) in [5, 5.41) is 19.2. The second kappa shape index (κ2) is 5.69. The Kier molecular flexibility index (Phi) is 4.45. The minimum absolute atomic E-state index is 0.0190. The van der Waals surface area contributed by atoms with Crippen LogP contribution in [0.4, 0.5) is 0 Å². The van der Waals surface area contributed by atoms with Crippen molar-refractivity contribution < 1.29 is 13.5 Å². The van der Waals surface area contributed by atoms with E-state index < -0.39 is 15.6 Å². The molecule has 0 atom stereocenters. The van der Waals surface area contributed by atoms with Gasteiger partial charge in [-0.3, -0.25) is 0 Å². The van der Waals surface area contributed by atoms with Crippen LogP contribution in [0.2, 0.25) is 0 Å². The molecule has 1 fully saturated rings. The normalized spacial score (nSPS) is 20.9. The summed E-state index contributed by atoms with van der Waals surface area (Å²) in [6.07, 6.45) is 2.94. The number of thiophene rings is 1. The molecule has 0 bridgehead atoms. The molecule has 1 heterocycles. The van der Waals surface area contributed by atoms with Gasteiger partial charge < -0.3 is 5.11 Å². The smallest absolute Gasteiger partial charge is 0.250 e. The van der Waals surface area contributed by atoms with Gasteiger partial charge in [0.2, 0.25) is 10.0 Å². The van der Waals surface area contributed by atoms with Crippen LogP contribution < -0.4 is 4.72 Å². The molecular weight excluding hydrogens is 308 g/mol. The van der Waals surface area contributed by atoms with Gasteiger partial charge >= 0.3 is 0 Å². The van der Waals surface area contributed by atoms with Gasteiger partial charge in [0.15, 0.2) is 0 Å². The Morgan fingerprint density at radius 3 is 2.48 bits per heavy atom. The van der Waals surface area contributed by atoms with Crippen molar-refractivity contribution in [3.8, 4) is 6.07 Å². The molecule has 2 N–H and O–H groups in total. The van der Waals surface area contributed by atoms with Crippen molar-refractivity contribution in [1.82, 2.24) is 4.72 Å². The molecule has 116 valence electrons. The first-order valence-corrected chi connectivity index (χ1v) is 9.18. The lowest BCUT2D eigenvalue weighted by molar-refractivity contribution is -0.0205. The molecule has 2 rings (SSSR count). The van der Waals surface area contributed by atoms with Gasteiger partial charge in [-0.15, -0.1) is 11.3 Å². The summed E-state index contributed by atoms with van der Waals surface area (Å²) in [6.45, 7) is 4.34. The van der Waals surface area contributed by atoms with E-state index in [0.717, 1.165) is 24.2 Å². The largest absolute Gasteiger partial charge is 0.389 e. The van der Waals surface area contributed by atoms with Crippen molar-refractivity contribution in [2.45, 2.75) is 49.3 Å². The van der Waals surface area contributed by atoms with Gasteiger partial charge in [0.25, 0.3) is 0 Å². The summed E-state index contributed by atoms with van der Waals surface area (Å²) in [4.78, 5) is 0.355. The third-order valence-electron chi connectivity index (χ3n) is 4.08. The molecule has 0 saturated heterocycles. The maximum atomic E-state index is 12.2. The number of hydrogen-bond acceptors (Lipinski definition) is 5. The van der Waals surface area contributed by atoms with Gasteiger partial charge in [-0.25, -0.2) is 13.1 Å². The molecule has 0 unspecified atom stereocenters. The van der Waals surface area contributed by atoms with E-state index in [1.54, 1.807) is 0 Å². The fraction of sp³-hybridized carbons (Fsp3) is 0.643. The SMILES string of the molecule is CC1(C)CCC(O)(CNS(=O)(=O)c2ccc(C#N)s2)CC1. The second-order valence-corrected chi connectivity index (χ2v) is 9.52. The van der Waals surface area contributed by atoms with Gasteiger partial charge in [0.05, 0.1) is 5.60 Å². The number of aliphatic hydroxyl groups is 1. The first kappa shape index (κ1) is 16.4. The summed E-state index contributed by atoms with van der Waals surface area (Å²) in [7, 11) is -3.66. The lowest BCUT2D eigenvalue weighted by Crippen LogP contribution is -2.46. The Labute approximate surface area is 129 Å². The van der Waals surface area contributed by atoms with Crippen LogP contribution in [0.15, 0.2) is 16.3 Å². The van der Waals surface area contributed by atoms with Crippen molar-refractivity contribution in [2.24, 2.45) is 5.41 Å². The van der Waals surface area contributed by atoms with Crippen LogP contribution in [0, 0.1) is 16.7 Å². The fourth-order valence-corrected chi connectivity index (χ4v) is 4.66. The Bertz CT molecular complexity index is 646. The maximum absolute atomic E-state index is 12.2. The lowest BCUT2D eigenvalue weighted by Gasteiger charge is -2.40. The van der Waals surface area contributed by atoms with Gasteiger partial charge in [-0.05, 0) is 43.2 Å². The summed E-state index contributed by atoms with van der Waals surface area (Å²) >= 11 is 0.932. The van der Waals surface area contributed by atoms with Gasteiger partial charge in [0, 0.05) is 6.54 Å². The van der Waals surface area contributed by atoms with E-state index in [9.17, 15) is 13.5 Å². The summed E-state index contributed by atoms with van der Waals surface area (Å²) in [5.41, 5.74) is -0.765. The first-order chi connectivity index (χ1) is 9.66. The van der Waals surface area contributed by atoms with Crippen LogP contribution in [0.3, 0.4) is 0 Å². The molecule has 7 heteroatoms. The minimum Gasteiger partial charge on any atom is -0.389 e. The number of sulfonamides is 1. The molecule has 0 aliphatic heterocycles. The number of hydrogen-bond donors (Lipinski definition) is 2. The summed E-state index contributed by atoms with van der Waals surface area (Å²) in [5.74, 6) is 0. The number of nitrogens with one attached hydrogen (secondary N) is 1. The highest BCUT2D eigenvalue weighted by Gasteiger charge is 2.37. The van der Waals surface area contributed by atoms with Crippen LogP contribution in [-0.4, -0.2) is 25.7 Å². The molecule has 0 spiro atoms. The van der Waals surface area contributed by atoms with Crippen molar-refractivity contribution in [3.05, 3.63) is 17.0 Å². The highest BCUT2D eigenvalue weighted by atomic mass is 32.2. The molecule has 1 saturated carbocycles. The molecule has 1 aromatic rings. The fourth-order valence-electron chi connectivity index (χ4n) is 2.39. The van der Waals surface area contributed by atoms with Gasteiger partial charge in [-0.1, -0.05) is 13.8 Å². The van der Waals surface area contributed by atoms with Crippen molar-refractivity contribution >= 4 is 21.4 Å². The molecule has 1 aliphatic carbocycles. The van der Waals surface area contributed by atoms with E-state index in [4.69, 9.17) is 5.26 Å². The molecule has 21 heavy (non-hydrogen) atoms. The van der Waals surface area contributed by atoms with E-state index in [0.29, 0.717) is 17.7 Å². The Balaban J connectivity index is 2.00. The Hall–Kier alpha value is -0.940. The Morgan fingerprint density at radius 2 is 1.95 bits per heavy atom. The summed E-state index contributed by atoms with van der Waals surface area (Å²) in [6, 6.07) is 4.82. The Morgan fingerprint density at radius 1 is 1.33 bits per heavy atom. The van der Waals surface area contributed by atoms with Crippen LogP contribution in [0.1, 0.15) is 44.4 Å². The quantitative estimate of drug-likeness (QED) is 0.887. The highest BCUT2D eigenvalue weighted by molar-refractivity contribution is 7.91. The third kappa shape index (κ3) is 4.04. The predicted molar refractivity (Wildman–Crippen MR) is 81.4 cm³/mol. The van der Waals surface area contributed by atoms with Gasteiger partial charge in [0.1, 0.15) is 15.2 Å². The zero-order valence-corrected chi connectivity index (χ0v) is 13.9. The van der Waals surface area contributed by atoms with E-state index >= 15 is 0 Å². The van der Waals surface area contributed by atoms with Crippen molar-refractivity contribution in [2.75, 3.05) is 6.54 Å². The summed E-state index contributed by atoms with van der Waals surface area (Å²) < 4.78 is 26.9. The van der Waals surface area contributed by atoms with Crippen molar-refractivity contribution in [1.29, 1.82) is 5.26 Å². The van der Waals surface area contributed by atoms with E-state index in [2.05, 4.69) is 18.6 Å². The van der Waals surface area contributed by atoms with Crippen LogP contribution in [-0.2, 0) is 10.0 Å². The van der Waals surface area contributed by atoms with Crippen molar-refractivity contribution in [3.63, 3.8) is 0 Å². The molecule has 0 aromatic carbocycles. The second-order valence-electron chi connectivity index (χ2n) is 6.44. The zero-order chi connectivity index (χ0) is 15.7. The molecule has 0 radical (unpaired) electrons. The van der Waals surface area contributed by atoms with Crippen LogP contribution in [0.25, 0.3) is 0 Å². The molecule has 5 nitrogen and oxygen atoms in total. The minimum atomic E-state index is -3.66. The predicted octanol–water partition coefficient (Wildman–Crippen LogP) is 2.23. The number of nitriles is 1. The van der Waals surface area contributed by atoms with Gasteiger partial charge in [-0.2, -0.15) is 5.26 Å². The van der Waals surface area contributed by atoms with E-state index in [1.807, 2.05) is 6.07 Å². The maximum Gasteiger partial charge on any atom is 0.250 e. The highest BCUT2D eigenvalue weighted by Crippen LogP contribution is 2.40. The first-order valence-electron chi connectivity index (χ1n) is 6.88. The van der Waals surface area contributed by atoms with E-state index in [1.165, 1.54) is 12.1 Å². The van der Waals surface area contributed by atoms with Crippen LogP contribution in [0.5, 0.6) is 0 Å². The standard InChI is InChI=1S/C14H20N2O3S2/c1-13(2)5-7-14(17,8-6-13)10-16-21(18,19)12-4-3-11(9-15)20-12/h3-4,16-17H,5-8,10H2,1-2H3.